The first kappa shape index (κ1) is 16.8. The van der Waals surface area contributed by atoms with Gasteiger partial charge in [-0.15, -0.1) is 0 Å². The van der Waals surface area contributed by atoms with Gasteiger partial charge in [0.15, 0.2) is 0 Å². The summed E-state index contributed by atoms with van der Waals surface area (Å²) in [5, 5.41) is 9.90. The fraction of sp³-hybridized carbons (Fsp3) is 0.889. The van der Waals surface area contributed by atoms with Gasteiger partial charge < -0.3 is 5.11 Å². The van der Waals surface area contributed by atoms with E-state index in [9.17, 15) is 5.11 Å². The molecular weight excluding hydrogens is 232 g/mol. The van der Waals surface area contributed by atoms with Crippen LogP contribution in [0.3, 0.4) is 0 Å². The van der Waals surface area contributed by atoms with E-state index in [0.717, 1.165) is 6.42 Å². The number of hydrogen-bond donors (Lipinski definition) is 1. The lowest BCUT2D eigenvalue weighted by molar-refractivity contribution is -0.106. The average molecular weight is 266 g/mol. The van der Waals surface area contributed by atoms with Crippen molar-refractivity contribution in [2.24, 2.45) is 10.8 Å². The molecule has 0 bridgehead atoms. The van der Waals surface area contributed by atoms with Gasteiger partial charge in [-0.05, 0) is 63.7 Å². The molecule has 1 nitrogen and oxygen atoms in total. The van der Waals surface area contributed by atoms with Gasteiger partial charge in [-0.2, -0.15) is 0 Å². The molecule has 2 aliphatic carbocycles. The van der Waals surface area contributed by atoms with Crippen molar-refractivity contribution in [2.75, 3.05) is 0 Å². The third-order valence-electron chi connectivity index (χ3n) is 6.29. The molecule has 1 atom stereocenters. The highest BCUT2D eigenvalue weighted by Gasteiger charge is 2.45. The standard InChI is InChI=1S/C9H18O.C9H16/c1-4-9(3,10)8(2)6-5-7-8;1-4-8(2)9(3)6-5-7-9/h10H,4-7H2,1-3H3;4H,5-7H2,1-3H3/b;8-4+. The molecule has 0 heterocycles. The molecule has 0 saturated heterocycles. The molecule has 0 aromatic carbocycles. The van der Waals surface area contributed by atoms with Crippen molar-refractivity contribution in [2.45, 2.75) is 92.1 Å². The zero-order chi connectivity index (χ0) is 14.7. The molecule has 0 aromatic heterocycles. The molecule has 1 heteroatoms. The van der Waals surface area contributed by atoms with E-state index in [1.165, 1.54) is 38.5 Å². The van der Waals surface area contributed by atoms with Crippen molar-refractivity contribution < 1.29 is 5.11 Å². The van der Waals surface area contributed by atoms with Crippen molar-refractivity contribution in [3.05, 3.63) is 11.6 Å². The van der Waals surface area contributed by atoms with Crippen molar-refractivity contribution in [3.8, 4) is 0 Å². The SMILES string of the molecule is C/C=C(\C)C1(C)CCC1.CCC(C)(O)C1(C)CCC1. The summed E-state index contributed by atoms with van der Waals surface area (Å²) in [7, 11) is 0. The Labute approximate surface area is 120 Å². The highest BCUT2D eigenvalue weighted by atomic mass is 16.3. The fourth-order valence-corrected chi connectivity index (χ4v) is 3.12. The summed E-state index contributed by atoms with van der Waals surface area (Å²) in [4.78, 5) is 0. The first-order valence-electron chi connectivity index (χ1n) is 8.06. The molecule has 2 rings (SSSR count). The van der Waals surface area contributed by atoms with Crippen molar-refractivity contribution in [1.29, 1.82) is 0 Å². The van der Waals surface area contributed by atoms with Crippen LogP contribution in [0.5, 0.6) is 0 Å². The molecule has 0 radical (unpaired) electrons. The Morgan fingerprint density at radius 3 is 1.74 bits per heavy atom. The van der Waals surface area contributed by atoms with E-state index in [2.05, 4.69) is 40.7 Å². The van der Waals surface area contributed by atoms with E-state index < -0.39 is 5.60 Å². The normalized spacial score (nSPS) is 27.2. The lowest BCUT2D eigenvalue weighted by atomic mass is 9.60. The largest absolute Gasteiger partial charge is 0.390 e. The Morgan fingerprint density at radius 1 is 1.16 bits per heavy atom. The summed E-state index contributed by atoms with van der Waals surface area (Å²) in [5.41, 5.74) is 1.97. The Bertz CT molecular complexity index is 307. The van der Waals surface area contributed by atoms with E-state index in [4.69, 9.17) is 0 Å². The molecule has 1 N–H and O–H groups in total. The van der Waals surface area contributed by atoms with Crippen LogP contribution in [0.15, 0.2) is 11.6 Å². The quantitative estimate of drug-likeness (QED) is 0.671. The Morgan fingerprint density at radius 2 is 1.63 bits per heavy atom. The van der Waals surface area contributed by atoms with Crippen LogP contribution in [0.1, 0.15) is 86.5 Å². The molecule has 19 heavy (non-hydrogen) atoms. The van der Waals surface area contributed by atoms with Gasteiger partial charge in [0, 0.05) is 0 Å². The molecule has 0 spiro atoms. The highest BCUT2D eigenvalue weighted by molar-refractivity contribution is 5.12. The van der Waals surface area contributed by atoms with Crippen molar-refractivity contribution in [1.82, 2.24) is 0 Å². The zero-order valence-electron chi connectivity index (χ0n) is 14.0. The number of rotatable bonds is 3. The first-order valence-corrected chi connectivity index (χ1v) is 8.06. The number of allylic oxidation sites excluding steroid dienone is 2. The average Bonchev–Trinajstić information content (AvgIpc) is 2.32. The molecule has 2 fully saturated rings. The van der Waals surface area contributed by atoms with Gasteiger partial charge in [-0.1, -0.05) is 45.3 Å². The summed E-state index contributed by atoms with van der Waals surface area (Å²) >= 11 is 0. The minimum atomic E-state index is -0.425. The second kappa shape index (κ2) is 5.99. The summed E-state index contributed by atoms with van der Waals surface area (Å²) in [6.07, 6.45) is 11.1. The van der Waals surface area contributed by atoms with Gasteiger partial charge >= 0.3 is 0 Å². The summed E-state index contributed by atoms with van der Waals surface area (Å²) < 4.78 is 0. The Hall–Kier alpha value is -0.300. The molecule has 0 aliphatic heterocycles. The summed E-state index contributed by atoms with van der Waals surface area (Å²) in [6, 6.07) is 0. The minimum absolute atomic E-state index is 0.224. The van der Waals surface area contributed by atoms with E-state index in [1.807, 2.05) is 6.92 Å². The lowest BCUT2D eigenvalue weighted by Crippen LogP contribution is -2.47. The third-order valence-corrected chi connectivity index (χ3v) is 6.29. The van der Waals surface area contributed by atoms with Crippen molar-refractivity contribution >= 4 is 0 Å². The summed E-state index contributed by atoms with van der Waals surface area (Å²) in [5.74, 6) is 0. The Balaban J connectivity index is 0.000000191. The van der Waals surface area contributed by atoms with Crippen LogP contribution in [-0.2, 0) is 0 Å². The topological polar surface area (TPSA) is 20.2 Å². The maximum Gasteiger partial charge on any atom is 0.0670 e. The van der Waals surface area contributed by atoms with E-state index in [1.54, 1.807) is 5.57 Å². The van der Waals surface area contributed by atoms with Gasteiger partial charge in [0.05, 0.1) is 5.60 Å². The van der Waals surface area contributed by atoms with Crippen LogP contribution >= 0.6 is 0 Å². The minimum Gasteiger partial charge on any atom is -0.390 e. The maximum atomic E-state index is 9.90. The van der Waals surface area contributed by atoms with E-state index in [-0.39, 0.29) is 5.41 Å². The van der Waals surface area contributed by atoms with Gasteiger partial charge in [0.1, 0.15) is 0 Å². The van der Waals surface area contributed by atoms with Crippen LogP contribution in [0.25, 0.3) is 0 Å². The van der Waals surface area contributed by atoms with Gasteiger partial charge in [-0.25, -0.2) is 0 Å². The monoisotopic (exact) mass is 266 g/mol. The first-order chi connectivity index (χ1) is 8.71. The lowest BCUT2D eigenvalue weighted by Gasteiger charge is -2.49. The van der Waals surface area contributed by atoms with Gasteiger partial charge in [-0.3, -0.25) is 0 Å². The van der Waals surface area contributed by atoms with E-state index >= 15 is 0 Å². The molecule has 2 saturated carbocycles. The molecule has 0 amide bonds. The number of hydrogen-bond acceptors (Lipinski definition) is 1. The highest BCUT2D eigenvalue weighted by Crippen LogP contribution is 2.49. The summed E-state index contributed by atoms with van der Waals surface area (Å²) in [6.45, 7) is 13.0. The fourth-order valence-electron chi connectivity index (χ4n) is 3.12. The molecule has 0 aromatic rings. The zero-order valence-corrected chi connectivity index (χ0v) is 14.0. The predicted octanol–water partition coefficient (Wildman–Crippen LogP) is 5.48. The second-order valence-electron chi connectivity index (χ2n) is 7.43. The van der Waals surface area contributed by atoms with Crippen LogP contribution in [0, 0.1) is 10.8 Å². The van der Waals surface area contributed by atoms with Crippen LogP contribution in [-0.4, -0.2) is 10.7 Å². The van der Waals surface area contributed by atoms with Crippen LogP contribution < -0.4 is 0 Å². The van der Waals surface area contributed by atoms with Gasteiger partial charge in [0.25, 0.3) is 0 Å². The second-order valence-corrected chi connectivity index (χ2v) is 7.43. The van der Waals surface area contributed by atoms with Crippen LogP contribution in [0.2, 0.25) is 0 Å². The molecule has 112 valence electrons. The molecule has 1 unspecified atom stereocenters. The number of aliphatic hydroxyl groups is 1. The molecule has 2 aliphatic rings. The Kier molecular flexibility index (Phi) is 5.28. The third kappa shape index (κ3) is 3.42. The van der Waals surface area contributed by atoms with Gasteiger partial charge in [0.2, 0.25) is 0 Å². The predicted molar refractivity (Wildman–Crippen MR) is 84.3 cm³/mol. The van der Waals surface area contributed by atoms with E-state index in [0.29, 0.717) is 5.41 Å². The van der Waals surface area contributed by atoms with Crippen molar-refractivity contribution in [3.63, 3.8) is 0 Å². The van der Waals surface area contributed by atoms with Crippen LogP contribution in [0.4, 0.5) is 0 Å². The smallest absolute Gasteiger partial charge is 0.0670 e. The maximum absolute atomic E-state index is 9.90. The molecular formula is C18H34O.